The number of nitrogens with zero attached hydrogens (tertiary/aromatic N) is 2. The Morgan fingerprint density at radius 2 is 2.06 bits per heavy atom. The number of carbonyl (C=O) groups excluding carboxylic acids is 1. The molecule has 6 heteroatoms. The van der Waals surface area contributed by atoms with Crippen LogP contribution in [0.3, 0.4) is 0 Å². The van der Waals surface area contributed by atoms with Crippen molar-refractivity contribution in [2.75, 3.05) is 0 Å². The Bertz CT molecular complexity index is 495. The van der Waals surface area contributed by atoms with Gasteiger partial charge in [-0.05, 0) is 33.6 Å². The van der Waals surface area contributed by atoms with E-state index >= 15 is 0 Å². The molecule has 98 valence electrons. The molecule has 0 aromatic carbocycles. The first kappa shape index (κ1) is 12.6. The molecule has 0 atom stereocenters. The molecule has 0 unspecified atom stereocenters. The second-order valence-electron chi connectivity index (χ2n) is 5.43. The minimum absolute atomic E-state index is 0.0864. The highest BCUT2D eigenvalue weighted by molar-refractivity contribution is 5.90. The Hall–Kier alpha value is -1.85. The molecule has 2 rings (SSSR count). The molecular weight excluding hydrogens is 236 g/mol. The van der Waals surface area contributed by atoms with E-state index < -0.39 is 17.7 Å². The Morgan fingerprint density at radius 3 is 2.50 bits per heavy atom. The van der Waals surface area contributed by atoms with E-state index in [4.69, 9.17) is 9.84 Å². The zero-order chi connectivity index (χ0) is 13.5. The van der Waals surface area contributed by atoms with Gasteiger partial charge >= 0.3 is 12.1 Å². The largest absolute Gasteiger partial charge is 0.478 e. The number of rotatable bonds is 2. The first-order valence-electron chi connectivity index (χ1n) is 5.84. The quantitative estimate of drug-likeness (QED) is 0.872. The van der Waals surface area contributed by atoms with Crippen LogP contribution in [-0.4, -0.2) is 32.6 Å². The molecule has 1 N–H and O–H groups in total. The Labute approximate surface area is 105 Å². The van der Waals surface area contributed by atoms with Gasteiger partial charge in [0, 0.05) is 5.92 Å². The smallest absolute Gasteiger partial charge is 0.435 e. The fourth-order valence-corrected chi connectivity index (χ4v) is 1.61. The van der Waals surface area contributed by atoms with E-state index in [9.17, 15) is 9.59 Å². The van der Waals surface area contributed by atoms with E-state index in [0.717, 1.165) is 17.5 Å². The molecule has 0 spiro atoms. The predicted octanol–water partition coefficient (Wildman–Crippen LogP) is 2.24. The fraction of sp³-hybridized carbons (Fsp3) is 0.583. The van der Waals surface area contributed by atoms with Gasteiger partial charge in [0.25, 0.3) is 0 Å². The van der Waals surface area contributed by atoms with Gasteiger partial charge < -0.3 is 9.84 Å². The Kier molecular flexibility index (Phi) is 2.88. The summed E-state index contributed by atoms with van der Waals surface area (Å²) in [6.45, 7) is 5.23. The molecule has 18 heavy (non-hydrogen) atoms. The summed E-state index contributed by atoms with van der Waals surface area (Å²) >= 11 is 0. The van der Waals surface area contributed by atoms with Crippen molar-refractivity contribution in [3.63, 3.8) is 0 Å². The minimum Gasteiger partial charge on any atom is -0.478 e. The molecule has 0 amide bonds. The lowest BCUT2D eigenvalue weighted by atomic mass is 10.2. The van der Waals surface area contributed by atoms with E-state index in [-0.39, 0.29) is 11.5 Å². The first-order valence-corrected chi connectivity index (χ1v) is 5.84. The van der Waals surface area contributed by atoms with E-state index in [1.807, 2.05) is 0 Å². The normalized spacial score (nSPS) is 15.5. The van der Waals surface area contributed by atoms with Gasteiger partial charge in [0.2, 0.25) is 0 Å². The van der Waals surface area contributed by atoms with Crippen LogP contribution >= 0.6 is 0 Å². The van der Waals surface area contributed by atoms with Crippen molar-refractivity contribution in [2.45, 2.75) is 45.1 Å². The van der Waals surface area contributed by atoms with Gasteiger partial charge in [-0.2, -0.15) is 9.78 Å². The van der Waals surface area contributed by atoms with Crippen LogP contribution < -0.4 is 0 Å². The van der Waals surface area contributed by atoms with Gasteiger partial charge in [-0.1, -0.05) is 0 Å². The summed E-state index contributed by atoms with van der Waals surface area (Å²) in [6, 6.07) is 0. The third-order valence-corrected chi connectivity index (χ3v) is 2.52. The van der Waals surface area contributed by atoms with Crippen molar-refractivity contribution in [1.82, 2.24) is 9.78 Å². The van der Waals surface area contributed by atoms with Crippen molar-refractivity contribution >= 4 is 12.1 Å². The van der Waals surface area contributed by atoms with Crippen LogP contribution in [0.15, 0.2) is 6.20 Å². The molecule has 1 aliphatic rings. The van der Waals surface area contributed by atoms with Crippen molar-refractivity contribution < 1.29 is 19.4 Å². The van der Waals surface area contributed by atoms with Crippen LogP contribution in [0.4, 0.5) is 4.79 Å². The summed E-state index contributed by atoms with van der Waals surface area (Å²) in [5.74, 6) is -0.897. The number of hydrogen-bond donors (Lipinski definition) is 1. The lowest BCUT2D eigenvalue weighted by Gasteiger charge is -2.18. The van der Waals surface area contributed by atoms with Crippen LogP contribution in [0.25, 0.3) is 0 Å². The molecule has 0 bridgehead atoms. The highest BCUT2D eigenvalue weighted by Gasteiger charge is 2.33. The van der Waals surface area contributed by atoms with Gasteiger partial charge in [-0.15, -0.1) is 0 Å². The van der Waals surface area contributed by atoms with E-state index in [1.54, 1.807) is 20.8 Å². The van der Waals surface area contributed by atoms with Crippen molar-refractivity contribution in [3.05, 3.63) is 17.5 Å². The number of aromatic carboxylic acids is 1. The standard InChI is InChI=1S/C12H16N2O4/c1-12(2,3)18-11(17)14-6-8(10(15)16)9(13-14)7-4-5-7/h6-7H,4-5H2,1-3H3,(H,15,16). The summed E-state index contributed by atoms with van der Waals surface area (Å²) in [4.78, 5) is 22.8. The highest BCUT2D eigenvalue weighted by atomic mass is 16.6. The molecule has 1 heterocycles. The third kappa shape index (κ3) is 2.69. The number of carbonyl (C=O) groups is 2. The molecule has 1 aliphatic carbocycles. The summed E-state index contributed by atoms with van der Waals surface area (Å²) < 4.78 is 6.12. The monoisotopic (exact) mass is 252 g/mol. The second kappa shape index (κ2) is 4.12. The van der Waals surface area contributed by atoms with Gasteiger partial charge in [0.15, 0.2) is 0 Å². The maximum atomic E-state index is 11.8. The lowest BCUT2D eigenvalue weighted by Crippen LogP contribution is -2.27. The van der Waals surface area contributed by atoms with Gasteiger partial charge in [-0.25, -0.2) is 9.59 Å². The molecule has 0 radical (unpaired) electrons. The molecular formula is C12H16N2O4. The topological polar surface area (TPSA) is 81.4 Å². The fourth-order valence-electron chi connectivity index (χ4n) is 1.61. The lowest BCUT2D eigenvalue weighted by molar-refractivity contribution is 0.0514. The molecule has 0 saturated heterocycles. The van der Waals surface area contributed by atoms with Crippen LogP contribution in [0.1, 0.15) is 55.6 Å². The molecule has 0 aliphatic heterocycles. The van der Waals surface area contributed by atoms with Crippen molar-refractivity contribution in [3.8, 4) is 0 Å². The number of ether oxygens (including phenoxy) is 1. The highest BCUT2D eigenvalue weighted by Crippen LogP contribution is 2.40. The summed E-state index contributed by atoms with van der Waals surface area (Å²) in [5, 5.41) is 13.1. The summed E-state index contributed by atoms with van der Waals surface area (Å²) in [5.41, 5.74) is -0.0664. The van der Waals surface area contributed by atoms with Gasteiger partial charge in [-0.3, -0.25) is 0 Å². The first-order chi connectivity index (χ1) is 8.28. The van der Waals surface area contributed by atoms with Crippen LogP contribution in [0.5, 0.6) is 0 Å². The van der Waals surface area contributed by atoms with E-state index in [1.165, 1.54) is 6.20 Å². The Balaban J connectivity index is 2.26. The molecule has 1 saturated carbocycles. The zero-order valence-corrected chi connectivity index (χ0v) is 10.6. The summed E-state index contributed by atoms with van der Waals surface area (Å²) in [6.07, 6.45) is 2.42. The summed E-state index contributed by atoms with van der Waals surface area (Å²) in [7, 11) is 0. The molecule has 1 aromatic rings. The van der Waals surface area contributed by atoms with Crippen molar-refractivity contribution in [1.29, 1.82) is 0 Å². The van der Waals surface area contributed by atoms with E-state index in [2.05, 4.69) is 5.10 Å². The van der Waals surface area contributed by atoms with Crippen LogP contribution in [0.2, 0.25) is 0 Å². The zero-order valence-electron chi connectivity index (χ0n) is 10.6. The number of carboxylic acid groups (broad SMARTS) is 1. The van der Waals surface area contributed by atoms with Gasteiger partial charge in [0.1, 0.15) is 11.2 Å². The Morgan fingerprint density at radius 1 is 1.44 bits per heavy atom. The predicted molar refractivity (Wildman–Crippen MR) is 62.8 cm³/mol. The van der Waals surface area contributed by atoms with E-state index in [0.29, 0.717) is 5.69 Å². The maximum Gasteiger partial charge on any atom is 0.435 e. The maximum absolute atomic E-state index is 11.8. The second-order valence-corrected chi connectivity index (χ2v) is 5.43. The number of aromatic nitrogens is 2. The molecule has 6 nitrogen and oxygen atoms in total. The molecule has 1 fully saturated rings. The average molecular weight is 252 g/mol. The van der Waals surface area contributed by atoms with Crippen molar-refractivity contribution in [2.24, 2.45) is 0 Å². The number of hydrogen-bond acceptors (Lipinski definition) is 4. The van der Waals surface area contributed by atoms with Crippen LogP contribution in [-0.2, 0) is 4.74 Å². The average Bonchev–Trinajstić information content (AvgIpc) is 2.94. The number of carboxylic acids is 1. The SMILES string of the molecule is CC(C)(C)OC(=O)n1cc(C(=O)O)c(C2CC2)n1. The third-order valence-electron chi connectivity index (χ3n) is 2.52. The van der Waals surface area contributed by atoms with Crippen LogP contribution in [0, 0.1) is 0 Å². The molecule has 1 aromatic heterocycles. The van der Waals surface area contributed by atoms with Gasteiger partial charge in [0.05, 0.1) is 11.9 Å². The minimum atomic E-state index is -1.06.